The molecule has 2 radical (unpaired) electrons. The minimum atomic E-state index is -0.00833. The van der Waals surface area contributed by atoms with E-state index in [4.69, 9.17) is 0 Å². The van der Waals surface area contributed by atoms with Gasteiger partial charge >= 0.3 is 140 Å². The Morgan fingerprint density at radius 3 is 0.444 bits per heavy atom. The number of rotatable bonds is 0. The van der Waals surface area contributed by atoms with Crippen molar-refractivity contribution >= 4 is 43.2 Å². The van der Waals surface area contributed by atoms with Gasteiger partial charge in [0.25, 0.3) is 0 Å². The van der Waals surface area contributed by atoms with Crippen molar-refractivity contribution in [1.29, 1.82) is 0 Å². The van der Waals surface area contributed by atoms with E-state index in [9.17, 15) is 0 Å². The summed E-state index contributed by atoms with van der Waals surface area (Å²) < 4.78 is 2.54. The van der Waals surface area contributed by atoms with Crippen molar-refractivity contribution in [3.63, 3.8) is 0 Å². The van der Waals surface area contributed by atoms with E-state index in [2.05, 4.69) is 83.1 Å². The average Bonchev–Trinajstić information content (AvgIpc) is 1.64. The third kappa shape index (κ3) is 26.2. The van der Waals surface area contributed by atoms with E-state index in [0.29, 0.717) is 13.4 Å². The van der Waals surface area contributed by atoms with E-state index in [1.165, 1.54) is 0 Å². The summed E-state index contributed by atoms with van der Waals surface area (Å²) in [4.78, 5) is 0. The molecule has 0 nitrogen and oxygen atoms in total. The summed E-state index contributed by atoms with van der Waals surface area (Å²) >= 11 is -0.0167. The topological polar surface area (TPSA) is 0 Å². The summed E-state index contributed by atoms with van der Waals surface area (Å²) in [5, 5.41) is 0. The van der Waals surface area contributed by atoms with Crippen molar-refractivity contribution in [2.45, 2.75) is 96.5 Å². The van der Waals surface area contributed by atoms with Gasteiger partial charge in [-0.15, -0.1) is 0 Å². The van der Waals surface area contributed by atoms with E-state index in [-0.39, 0.29) is 43.2 Å². The zero-order chi connectivity index (χ0) is 15.4. The van der Waals surface area contributed by atoms with Crippen LogP contribution in [0.5, 0.6) is 0 Å². The molecule has 0 rings (SSSR count). The van der Waals surface area contributed by atoms with Gasteiger partial charge in [-0.3, -0.25) is 0 Å². The van der Waals surface area contributed by atoms with Crippen LogP contribution in [-0.2, 0) is 0 Å². The molecule has 2 heteroatoms. The Morgan fingerprint density at radius 1 is 0.333 bits per heavy atom. The van der Waals surface area contributed by atoms with Crippen molar-refractivity contribution in [3.05, 3.63) is 0 Å². The molecule has 0 aromatic carbocycles. The van der Waals surface area contributed by atoms with Crippen molar-refractivity contribution in [2.75, 3.05) is 0 Å². The Labute approximate surface area is 139 Å². The molecule has 0 saturated carbocycles. The zero-order valence-electron chi connectivity index (χ0n) is 14.9. The molecule has 18 heavy (non-hydrogen) atoms. The van der Waals surface area contributed by atoms with E-state index in [0.717, 1.165) is 0 Å². The minimum absolute atomic E-state index is 0.00833. The standard InChI is InChI=1S/4C4H9.2Sb/c4*1-4(2)3;;/h4*1-3H3;;. The van der Waals surface area contributed by atoms with Gasteiger partial charge in [-0.05, 0) is 0 Å². The molecule has 0 aromatic heterocycles. The number of hydrogen-bond acceptors (Lipinski definition) is 0. The van der Waals surface area contributed by atoms with Crippen LogP contribution < -0.4 is 0 Å². The number of hydrogen-bond donors (Lipinski definition) is 0. The molecule has 110 valence electrons. The molecule has 0 aliphatic rings. The molecule has 0 atom stereocenters. The quantitative estimate of drug-likeness (QED) is 0.366. The fourth-order valence-electron chi connectivity index (χ4n) is 2.01. The van der Waals surface area contributed by atoms with Crippen LogP contribution >= 0.6 is 0 Å². The van der Waals surface area contributed by atoms with Gasteiger partial charge in [0, 0.05) is 0 Å². The second kappa shape index (κ2) is 7.59. The molecule has 0 aliphatic heterocycles. The van der Waals surface area contributed by atoms with E-state index >= 15 is 0 Å². The van der Waals surface area contributed by atoms with Gasteiger partial charge in [0.2, 0.25) is 0 Å². The Morgan fingerprint density at radius 2 is 0.444 bits per heavy atom. The predicted molar refractivity (Wildman–Crippen MR) is 90.4 cm³/mol. The molecule has 0 saturated heterocycles. The molecular weight excluding hydrogens is 436 g/mol. The SMILES string of the molecule is C[C](C)(C)[Sb][C](C)(C)C.C[C](C)(C)[Sb][C](C)(C)C. The van der Waals surface area contributed by atoms with Gasteiger partial charge in [0.1, 0.15) is 0 Å². The van der Waals surface area contributed by atoms with Crippen molar-refractivity contribution < 1.29 is 0 Å². The van der Waals surface area contributed by atoms with E-state index in [1.54, 1.807) is 0 Å². The summed E-state index contributed by atoms with van der Waals surface area (Å²) in [6.45, 7) is 28.3. The molecule has 0 unspecified atom stereocenters. The van der Waals surface area contributed by atoms with Crippen LogP contribution in [0.1, 0.15) is 83.1 Å². The Bertz CT molecular complexity index is 165. The van der Waals surface area contributed by atoms with Gasteiger partial charge in [-0.2, -0.15) is 0 Å². The molecule has 0 heterocycles. The van der Waals surface area contributed by atoms with Crippen LogP contribution in [0.2, 0.25) is 13.4 Å². The van der Waals surface area contributed by atoms with Crippen LogP contribution in [-0.4, -0.2) is 43.2 Å². The summed E-state index contributed by atoms with van der Waals surface area (Å²) in [6.07, 6.45) is 0. The second-order valence-electron chi connectivity index (χ2n) is 8.91. The van der Waals surface area contributed by atoms with Crippen LogP contribution in [0.4, 0.5) is 0 Å². The molecule has 0 fully saturated rings. The van der Waals surface area contributed by atoms with Gasteiger partial charge in [-0.1, -0.05) is 0 Å². The molecule has 0 amide bonds. The Hall–Kier alpha value is 1.64. The van der Waals surface area contributed by atoms with Gasteiger partial charge < -0.3 is 0 Å². The summed E-state index contributed by atoms with van der Waals surface area (Å²) in [7, 11) is 0. The van der Waals surface area contributed by atoms with Crippen molar-refractivity contribution in [2.24, 2.45) is 0 Å². The van der Waals surface area contributed by atoms with Gasteiger partial charge in [0.15, 0.2) is 0 Å². The summed E-state index contributed by atoms with van der Waals surface area (Å²) in [6, 6.07) is 0. The fraction of sp³-hybridized carbons (Fsp3) is 1.00. The van der Waals surface area contributed by atoms with Gasteiger partial charge in [0.05, 0.1) is 0 Å². The van der Waals surface area contributed by atoms with Crippen molar-refractivity contribution in [3.8, 4) is 0 Å². The maximum absolute atomic E-state index is 2.36. The molecular formula is C16H36Sb2. The molecule has 0 aromatic rings. The monoisotopic (exact) mass is 470 g/mol. The first-order valence-corrected chi connectivity index (χ1v) is 12.0. The first-order chi connectivity index (χ1) is 7.41. The van der Waals surface area contributed by atoms with Crippen LogP contribution in [0.25, 0.3) is 0 Å². The summed E-state index contributed by atoms with van der Waals surface area (Å²) in [5.74, 6) is 0. The van der Waals surface area contributed by atoms with E-state index < -0.39 is 0 Å². The van der Waals surface area contributed by atoms with Crippen molar-refractivity contribution in [1.82, 2.24) is 0 Å². The Kier molecular flexibility index (Phi) is 9.25. The van der Waals surface area contributed by atoms with Crippen LogP contribution in [0.3, 0.4) is 0 Å². The molecule has 0 aliphatic carbocycles. The first-order valence-electron chi connectivity index (χ1n) is 6.89. The first kappa shape index (κ1) is 21.9. The van der Waals surface area contributed by atoms with Gasteiger partial charge in [-0.25, -0.2) is 0 Å². The molecule has 0 N–H and O–H groups in total. The molecule has 0 bridgehead atoms. The van der Waals surface area contributed by atoms with Crippen LogP contribution in [0, 0.1) is 0 Å². The predicted octanol–water partition coefficient (Wildman–Crippen LogP) is 6.25. The zero-order valence-corrected chi connectivity index (χ0v) is 20.0. The third-order valence-electron chi connectivity index (χ3n) is 1.34. The fourth-order valence-corrected chi connectivity index (χ4v) is 13.5. The average molecular weight is 472 g/mol. The second-order valence-corrected chi connectivity index (χ2v) is 25.5. The van der Waals surface area contributed by atoms with E-state index in [1.807, 2.05) is 0 Å². The van der Waals surface area contributed by atoms with Crippen LogP contribution in [0.15, 0.2) is 0 Å². The Balaban J connectivity index is 0. The third-order valence-corrected chi connectivity index (χ3v) is 9.00. The molecule has 0 spiro atoms. The normalized spacial score (nSPS) is 14.0. The maximum atomic E-state index is 2.36. The summed E-state index contributed by atoms with van der Waals surface area (Å²) in [5.41, 5.74) is 0.